The zero-order valence-corrected chi connectivity index (χ0v) is 36.5. The van der Waals surface area contributed by atoms with Gasteiger partial charge in [0.2, 0.25) is 0 Å². The molecule has 1 saturated heterocycles. The van der Waals surface area contributed by atoms with Crippen LogP contribution in [0, 0.1) is 11.8 Å². The second-order valence-corrected chi connectivity index (χ2v) is 32.7. The molecule has 9 heteroatoms. The normalized spacial score (nSPS) is 22.6. The molecule has 1 fully saturated rings. The van der Waals surface area contributed by atoms with Crippen molar-refractivity contribution in [1.29, 1.82) is 0 Å². The third-order valence-electron chi connectivity index (χ3n) is 12.2. The Hall–Kier alpha value is -0.552. The van der Waals surface area contributed by atoms with Crippen molar-refractivity contribution in [3.63, 3.8) is 0 Å². The average Bonchev–Trinajstić information content (AvgIpc) is 3.13. The molecule has 0 amide bonds. The number of hydrogen-bond acceptors (Lipinski definition) is 5. The predicted molar refractivity (Wildman–Crippen MR) is 211 cm³/mol. The minimum atomic E-state index is -2.09. The Bertz CT molecular complexity index is 1030. The van der Waals surface area contributed by atoms with Gasteiger partial charge < -0.3 is 22.4 Å². The lowest BCUT2D eigenvalue weighted by molar-refractivity contribution is -0.199. The van der Waals surface area contributed by atoms with Gasteiger partial charge in [0.15, 0.2) is 33.3 Å². The SMILES string of the molecule is CC[Si](CC)(CC)OC[C@H]1O[C@@H](C#Cc2ccccc2)[C@H](O[Si](CC)(CC)CC)[C@@H](O[Si](CC)(CC)CC)[C@@H]1O[Si](CC)(CC)CC. The molecular formula is C38H72O5Si4. The molecule has 270 valence electrons. The van der Waals surface area contributed by atoms with Crippen molar-refractivity contribution in [2.45, 2.75) is 186 Å². The van der Waals surface area contributed by atoms with Gasteiger partial charge in [-0.25, -0.2) is 0 Å². The van der Waals surface area contributed by atoms with Crippen LogP contribution < -0.4 is 0 Å². The predicted octanol–water partition coefficient (Wildman–Crippen LogP) is 11.0. The van der Waals surface area contributed by atoms with Gasteiger partial charge in [-0.1, -0.05) is 113 Å². The molecule has 5 nitrogen and oxygen atoms in total. The molecule has 47 heavy (non-hydrogen) atoms. The van der Waals surface area contributed by atoms with E-state index in [0.29, 0.717) is 6.61 Å². The van der Waals surface area contributed by atoms with E-state index in [9.17, 15) is 0 Å². The summed E-state index contributed by atoms with van der Waals surface area (Å²) in [5, 5.41) is 0. The molecule has 0 aliphatic carbocycles. The molecule has 1 aromatic rings. The van der Waals surface area contributed by atoms with Gasteiger partial charge in [0, 0.05) is 5.56 Å². The van der Waals surface area contributed by atoms with E-state index in [4.69, 9.17) is 22.4 Å². The van der Waals surface area contributed by atoms with E-state index < -0.39 is 39.4 Å². The lowest BCUT2D eigenvalue weighted by atomic mass is 9.95. The van der Waals surface area contributed by atoms with Crippen molar-refractivity contribution >= 4 is 33.3 Å². The Balaban J connectivity index is 2.88. The van der Waals surface area contributed by atoms with Crippen LogP contribution in [0.2, 0.25) is 72.5 Å². The van der Waals surface area contributed by atoms with E-state index >= 15 is 0 Å². The van der Waals surface area contributed by atoms with E-state index in [1.54, 1.807) is 0 Å². The first-order chi connectivity index (χ1) is 22.6. The summed E-state index contributed by atoms with van der Waals surface area (Å²) in [6.45, 7) is 28.3. The van der Waals surface area contributed by atoms with Crippen molar-refractivity contribution in [1.82, 2.24) is 0 Å². The fourth-order valence-electron chi connectivity index (χ4n) is 7.43. The highest BCUT2D eigenvalue weighted by Crippen LogP contribution is 2.39. The Morgan fingerprint density at radius 2 is 0.894 bits per heavy atom. The summed E-state index contributed by atoms with van der Waals surface area (Å²) in [4.78, 5) is 0. The summed E-state index contributed by atoms with van der Waals surface area (Å²) >= 11 is 0. The smallest absolute Gasteiger partial charge is 0.192 e. The maximum Gasteiger partial charge on any atom is 0.192 e. The van der Waals surface area contributed by atoms with E-state index in [2.05, 4.69) is 107 Å². The Morgan fingerprint density at radius 3 is 1.30 bits per heavy atom. The van der Waals surface area contributed by atoms with Gasteiger partial charge in [-0.2, -0.15) is 0 Å². The van der Waals surface area contributed by atoms with Crippen LogP contribution in [0.4, 0.5) is 0 Å². The first kappa shape index (κ1) is 42.6. The molecule has 0 aromatic heterocycles. The van der Waals surface area contributed by atoms with Gasteiger partial charge >= 0.3 is 0 Å². The third-order valence-corrected chi connectivity index (χ3v) is 30.8. The average molecular weight is 721 g/mol. The van der Waals surface area contributed by atoms with Crippen LogP contribution in [0.5, 0.6) is 0 Å². The molecule has 0 N–H and O–H groups in total. The fourth-order valence-corrected chi connectivity index (χ4v) is 18.6. The number of rotatable bonds is 21. The first-order valence-electron chi connectivity index (χ1n) is 19.5. The summed E-state index contributed by atoms with van der Waals surface area (Å²) in [5.41, 5.74) is 0.992. The second kappa shape index (κ2) is 20.3. The first-order valence-corrected chi connectivity index (χ1v) is 29.6. The Labute approximate surface area is 295 Å². The summed E-state index contributed by atoms with van der Waals surface area (Å²) in [6, 6.07) is 23.2. The molecule has 1 aliphatic heterocycles. The molecule has 0 bridgehead atoms. The molecule has 0 unspecified atom stereocenters. The third kappa shape index (κ3) is 10.7. The zero-order valence-electron chi connectivity index (χ0n) is 32.5. The summed E-state index contributed by atoms with van der Waals surface area (Å²) in [5.74, 6) is 7.10. The Morgan fingerprint density at radius 1 is 0.511 bits per heavy atom. The molecule has 0 spiro atoms. The highest BCUT2D eigenvalue weighted by atomic mass is 28.4. The number of ether oxygens (including phenoxy) is 1. The minimum absolute atomic E-state index is 0.243. The molecular weight excluding hydrogens is 649 g/mol. The van der Waals surface area contributed by atoms with Crippen molar-refractivity contribution in [3.8, 4) is 11.8 Å². The van der Waals surface area contributed by atoms with Crippen molar-refractivity contribution < 1.29 is 22.4 Å². The van der Waals surface area contributed by atoms with Gasteiger partial charge in [-0.05, 0) is 84.7 Å². The number of benzene rings is 1. The molecule has 1 aromatic carbocycles. The lowest BCUT2D eigenvalue weighted by Crippen LogP contribution is -2.67. The largest absolute Gasteiger partial charge is 0.414 e. The van der Waals surface area contributed by atoms with Gasteiger partial charge in [-0.3, -0.25) is 0 Å². The molecule has 2 rings (SSSR count). The van der Waals surface area contributed by atoms with E-state index in [-0.39, 0.29) is 24.4 Å². The maximum atomic E-state index is 7.68. The summed E-state index contributed by atoms with van der Waals surface area (Å²) in [7, 11) is -8.13. The minimum Gasteiger partial charge on any atom is -0.414 e. The van der Waals surface area contributed by atoms with E-state index in [1.165, 1.54) is 0 Å². The zero-order chi connectivity index (χ0) is 35.1. The van der Waals surface area contributed by atoms with Crippen molar-refractivity contribution in [2.24, 2.45) is 0 Å². The maximum absolute atomic E-state index is 7.68. The van der Waals surface area contributed by atoms with Crippen LogP contribution in [0.1, 0.15) is 88.6 Å². The van der Waals surface area contributed by atoms with Gasteiger partial charge in [0.1, 0.15) is 30.5 Å². The van der Waals surface area contributed by atoms with Gasteiger partial charge in [0.05, 0.1) is 6.61 Å². The lowest BCUT2D eigenvalue weighted by Gasteiger charge is -2.52. The van der Waals surface area contributed by atoms with Crippen LogP contribution in [0.25, 0.3) is 0 Å². The number of hydrogen-bond donors (Lipinski definition) is 0. The second-order valence-electron chi connectivity index (χ2n) is 13.8. The standard InChI is InChI=1S/C38H72O5Si4/c1-13-44(14-2,15-3)39-32-35-37(42-46(19-7,20-8)21-9)38(43-47(22-10,23-11)24-12)36(41-45(16-4,17-5)18-6)34(40-35)31-30-33-28-26-25-27-29-33/h25-29,34-38H,13-24,32H2,1-12H3/t34-,35+,36-,37+,38+/m0/s1. The van der Waals surface area contributed by atoms with Crippen molar-refractivity contribution in [3.05, 3.63) is 35.9 Å². The molecule has 5 atom stereocenters. The quantitative estimate of drug-likeness (QED) is 0.0934. The van der Waals surface area contributed by atoms with Gasteiger partial charge in [0.25, 0.3) is 0 Å². The van der Waals surface area contributed by atoms with Crippen LogP contribution in [0.15, 0.2) is 30.3 Å². The Kier molecular flexibility index (Phi) is 18.4. The van der Waals surface area contributed by atoms with Crippen LogP contribution in [-0.2, 0) is 22.4 Å². The van der Waals surface area contributed by atoms with E-state index in [1.807, 2.05) is 18.2 Å². The highest BCUT2D eigenvalue weighted by molar-refractivity contribution is 6.75. The van der Waals surface area contributed by atoms with Gasteiger partial charge in [-0.15, -0.1) is 0 Å². The van der Waals surface area contributed by atoms with E-state index in [0.717, 1.165) is 78.1 Å². The topological polar surface area (TPSA) is 46.2 Å². The van der Waals surface area contributed by atoms with Crippen LogP contribution in [-0.4, -0.2) is 70.4 Å². The molecule has 0 saturated carbocycles. The monoisotopic (exact) mass is 720 g/mol. The van der Waals surface area contributed by atoms with Crippen LogP contribution in [0.3, 0.4) is 0 Å². The summed E-state index contributed by atoms with van der Waals surface area (Å²) in [6.07, 6.45) is -1.48. The molecule has 1 aliphatic rings. The van der Waals surface area contributed by atoms with Crippen LogP contribution >= 0.6 is 0 Å². The molecule has 1 heterocycles. The molecule has 0 radical (unpaired) electrons. The van der Waals surface area contributed by atoms with Crippen molar-refractivity contribution in [2.75, 3.05) is 6.61 Å². The summed E-state index contributed by atoms with van der Waals surface area (Å²) < 4.78 is 37.1. The fraction of sp³-hybridized carbons (Fsp3) is 0.789. The highest BCUT2D eigenvalue weighted by Gasteiger charge is 2.54.